The fourth-order valence-electron chi connectivity index (χ4n) is 3.98. The molecule has 0 fully saturated rings. The lowest BCUT2D eigenvalue weighted by atomic mass is 9.81. The predicted octanol–water partition coefficient (Wildman–Crippen LogP) is 4.98. The van der Waals surface area contributed by atoms with Crippen molar-refractivity contribution in [1.82, 2.24) is 9.97 Å². The van der Waals surface area contributed by atoms with Crippen molar-refractivity contribution in [3.8, 4) is 5.75 Å². The Bertz CT molecular complexity index is 1200. The molecule has 4 aromatic rings. The number of carbonyl (C=O) groups excluding carboxylic acids is 1. The summed E-state index contributed by atoms with van der Waals surface area (Å²) in [7, 11) is 0. The molecule has 4 heteroatoms. The number of hydrogen-bond acceptors (Lipinski definition) is 4. The van der Waals surface area contributed by atoms with Gasteiger partial charge in [-0.05, 0) is 18.1 Å². The molecule has 0 saturated carbocycles. The Hall–Kier alpha value is -3.01. The molecular weight excluding hydrogens is 324 g/mol. The molecule has 0 radical (unpaired) electrons. The van der Waals surface area contributed by atoms with Crippen LogP contribution in [0.15, 0.2) is 48.5 Å². The molecular formula is C22H18N2O2. The van der Waals surface area contributed by atoms with E-state index in [1.807, 2.05) is 48.5 Å². The Morgan fingerprint density at radius 2 is 1.54 bits per heavy atom. The Labute approximate surface area is 150 Å². The number of rotatable bonds is 1. The first-order chi connectivity index (χ1) is 12.6. The summed E-state index contributed by atoms with van der Waals surface area (Å²) in [5.41, 5.74) is 4.48. The number of esters is 1. The lowest BCUT2D eigenvalue weighted by molar-refractivity contribution is -0.136. The fourth-order valence-corrected chi connectivity index (χ4v) is 3.98. The van der Waals surface area contributed by atoms with E-state index in [9.17, 15) is 4.79 Å². The topological polar surface area (TPSA) is 52.1 Å². The maximum absolute atomic E-state index is 12.3. The van der Waals surface area contributed by atoms with Crippen molar-refractivity contribution >= 4 is 38.8 Å². The van der Waals surface area contributed by atoms with Gasteiger partial charge in [0.2, 0.25) is 0 Å². The van der Waals surface area contributed by atoms with Crippen LogP contribution in [0.25, 0.3) is 32.8 Å². The first-order valence-corrected chi connectivity index (χ1v) is 8.95. The van der Waals surface area contributed by atoms with Gasteiger partial charge in [0.1, 0.15) is 5.75 Å². The highest BCUT2D eigenvalue weighted by Crippen LogP contribution is 2.47. The third-order valence-corrected chi connectivity index (χ3v) is 5.28. The molecule has 5 rings (SSSR count). The van der Waals surface area contributed by atoms with Gasteiger partial charge in [-0.2, -0.15) is 0 Å². The second-order valence-corrected chi connectivity index (χ2v) is 7.23. The quantitative estimate of drug-likeness (QED) is 0.212. The predicted molar refractivity (Wildman–Crippen MR) is 102 cm³/mol. The van der Waals surface area contributed by atoms with Crippen molar-refractivity contribution in [2.24, 2.45) is 5.92 Å². The van der Waals surface area contributed by atoms with Crippen LogP contribution in [0, 0.1) is 5.92 Å². The largest absolute Gasteiger partial charge is 0.425 e. The van der Waals surface area contributed by atoms with E-state index >= 15 is 0 Å². The lowest BCUT2D eigenvalue weighted by Crippen LogP contribution is -2.24. The van der Waals surface area contributed by atoms with Gasteiger partial charge in [-0.15, -0.1) is 0 Å². The average Bonchev–Trinajstić information content (AvgIpc) is 2.66. The highest BCUT2D eigenvalue weighted by Gasteiger charge is 2.34. The Morgan fingerprint density at radius 3 is 2.23 bits per heavy atom. The molecule has 3 aromatic carbocycles. The Morgan fingerprint density at radius 1 is 0.923 bits per heavy atom. The van der Waals surface area contributed by atoms with Crippen molar-refractivity contribution in [3.05, 3.63) is 54.1 Å². The van der Waals surface area contributed by atoms with Crippen LogP contribution in [-0.2, 0) is 4.79 Å². The summed E-state index contributed by atoms with van der Waals surface area (Å²) in [4.78, 5) is 22.1. The maximum atomic E-state index is 12.3. The second kappa shape index (κ2) is 5.49. The van der Waals surface area contributed by atoms with Gasteiger partial charge in [-0.3, -0.25) is 4.79 Å². The second-order valence-electron chi connectivity index (χ2n) is 7.23. The zero-order valence-electron chi connectivity index (χ0n) is 14.7. The lowest BCUT2D eigenvalue weighted by Gasteiger charge is -2.29. The van der Waals surface area contributed by atoms with E-state index in [2.05, 4.69) is 13.8 Å². The summed E-state index contributed by atoms with van der Waals surface area (Å²) in [5, 5.41) is 1.90. The van der Waals surface area contributed by atoms with E-state index < -0.39 is 0 Å². The summed E-state index contributed by atoms with van der Waals surface area (Å²) < 4.78 is 5.74. The molecule has 1 aromatic heterocycles. The zero-order chi connectivity index (χ0) is 17.8. The minimum absolute atomic E-state index is 0.0776. The number of para-hydroxylation sites is 2. The zero-order valence-corrected chi connectivity index (χ0v) is 14.7. The SMILES string of the molecule is CC(C)[C@@H]1CC(=O)Oc2c1c1nc3ccccc3nc1c1ccccc21. The van der Waals surface area contributed by atoms with Gasteiger partial charge in [0.25, 0.3) is 0 Å². The monoisotopic (exact) mass is 342 g/mol. The number of fused-ring (bicyclic) bond motifs is 7. The molecule has 0 N–H and O–H groups in total. The van der Waals surface area contributed by atoms with E-state index in [1.165, 1.54) is 0 Å². The summed E-state index contributed by atoms with van der Waals surface area (Å²) in [5.74, 6) is 0.870. The molecule has 0 amide bonds. The molecule has 0 saturated heterocycles. The number of benzene rings is 3. The fraction of sp³-hybridized carbons (Fsp3) is 0.227. The number of nitrogens with zero attached hydrogens (tertiary/aromatic N) is 2. The first kappa shape index (κ1) is 15.3. The standard InChI is InChI=1S/C22H18N2O2/c1-12(2)15-11-18(25)26-22-14-8-4-3-7-13(14)20-21(19(15)22)24-17-10-6-5-9-16(17)23-20/h3-10,12,15H,11H2,1-2H3/t15-/m0/s1. The third kappa shape index (κ3) is 2.11. The molecule has 0 unspecified atom stereocenters. The third-order valence-electron chi connectivity index (χ3n) is 5.28. The van der Waals surface area contributed by atoms with Gasteiger partial charge < -0.3 is 4.74 Å². The Kier molecular flexibility index (Phi) is 3.23. The summed E-state index contributed by atoms with van der Waals surface area (Å²) in [6.07, 6.45) is 0.382. The molecule has 2 heterocycles. The van der Waals surface area contributed by atoms with Crippen molar-refractivity contribution in [3.63, 3.8) is 0 Å². The molecule has 0 spiro atoms. The smallest absolute Gasteiger partial charge is 0.311 e. The summed E-state index contributed by atoms with van der Waals surface area (Å²) >= 11 is 0. The van der Waals surface area contributed by atoms with Crippen LogP contribution in [0.3, 0.4) is 0 Å². The van der Waals surface area contributed by atoms with Crippen LogP contribution in [0.4, 0.5) is 0 Å². The first-order valence-electron chi connectivity index (χ1n) is 8.95. The minimum Gasteiger partial charge on any atom is -0.425 e. The van der Waals surface area contributed by atoms with Crippen LogP contribution < -0.4 is 4.74 Å². The van der Waals surface area contributed by atoms with Crippen LogP contribution >= 0.6 is 0 Å². The van der Waals surface area contributed by atoms with Crippen LogP contribution in [0.2, 0.25) is 0 Å². The molecule has 0 aliphatic carbocycles. The van der Waals surface area contributed by atoms with Crippen LogP contribution in [0.1, 0.15) is 31.7 Å². The Balaban J connectivity index is 2.02. The molecule has 1 aliphatic rings. The molecule has 1 aliphatic heterocycles. The summed E-state index contributed by atoms with van der Waals surface area (Å²) in [6.45, 7) is 4.28. The van der Waals surface area contributed by atoms with Gasteiger partial charge in [0.15, 0.2) is 0 Å². The highest BCUT2D eigenvalue weighted by molar-refractivity contribution is 6.12. The van der Waals surface area contributed by atoms with Gasteiger partial charge in [-0.25, -0.2) is 9.97 Å². The maximum Gasteiger partial charge on any atom is 0.311 e. The van der Waals surface area contributed by atoms with Crippen molar-refractivity contribution in [2.45, 2.75) is 26.2 Å². The van der Waals surface area contributed by atoms with Gasteiger partial charge in [0, 0.05) is 22.3 Å². The van der Waals surface area contributed by atoms with E-state index in [4.69, 9.17) is 14.7 Å². The van der Waals surface area contributed by atoms with Gasteiger partial charge in [0.05, 0.1) is 28.5 Å². The average molecular weight is 342 g/mol. The minimum atomic E-state index is -0.172. The number of hydrogen-bond donors (Lipinski definition) is 0. The van der Waals surface area contributed by atoms with Crippen molar-refractivity contribution in [2.75, 3.05) is 0 Å². The highest BCUT2D eigenvalue weighted by atomic mass is 16.5. The van der Waals surface area contributed by atoms with Crippen molar-refractivity contribution < 1.29 is 9.53 Å². The molecule has 4 nitrogen and oxygen atoms in total. The van der Waals surface area contributed by atoms with E-state index in [0.29, 0.717) is 18.1 Å². The summed E-state index contributed by atoms with van der Waals surface area (Å²) in [6, 6.07) is 15.9. The van der Waals surface area contributed by atoms with Gasteiger partial charge >= 0.3 is 5.97 Å². The molecule has 1 atom stereocenters. The van der Waals surface area contributed by atoms with Gasteiger partial charge in [-0.1, -0.05) is 50.2 Å². The van der Waals surface area contributed by atoms with Crippen LogP contribution in [-0.4, -0.2) is 15.9 Å². The molecule has 26 heavy (non-hydrogen) atoms. The number of aromatic nitrogens is 2. The molecule has 128 valence electrons. The number of ether oxygens (including phenoxy) is 1. The van der Waals surface area contributed by atoms with E-state index in [-0.39, 0.29) is 11.9 Å². The van der Waals surface area contributed by atoms with Crippen molar-refractivity contribution in [1.29, 1.82) is 0 Å². The number of carbonyl (C=O) groups is 1. The van der Waals surface area contributed by atoms with Crippen LogP contribution in [0.5, 0.6) is 5.75 Å². The van der Waals surface area contributed by atoms with E-state index in [0.717, 1.165) is 38.4 Å². The normalized spacial score (nSPS) is 17.0. The molecule has 0 bridgehead atoms. The van der Waals surface area contributed by atoms with E-state index in [1.54, 1.807) is 0 Å².